The molecule has 0 spiro atoms. The van der Waals surface area contributed by atoms with Crippen LogP contribution in [-0.4, -0.2) is 9.78 Å². The van der Waals surface area contributed by atoms with E-state index in [0.717, 1.165) is 17.3 Å². The zero-order valence-corrected chi connectivity index (χ0v) is 8.96. The van der Waals surface area contributed by atoms with Gasteiger partial charge in [-0.2, -0.15) is 5.10 Å². The molecule has 1 heterocycles. The summed E-state index contributed by atoms with van der Waals surface area (Å²) in [6, 6.07) is 3.29. The lowest BCUT2D eigenvalue weighted by atomic mass is 10.2. The Morgan fingerprint density at radius 3 is 2.44 bits per heavy atom. The average Bonchev–Trinajstić information content (AvgIpc) is 2.46. The topological polar surface area (TPSA) is 43.8 Å². The number of hydrogen-bond acceptors (Lipinski definition) is 2. The molecule has 2 N–H and O–H groups in total. The number of hydrogen-bond donors (Lipinski definition) is 1. The third-order valence-corrected chi connectivity index (χ3v) is 2.54. The minimum absolute atomic E-state index is 0.148. The third kappa shape index (κ3) is 1.54. The second-order valence-corrected chi connectivity index (χ2v) is 3.60. The van der Waals surface area contributed by atoms with Crippen molar-refractivity contribution in [3.8, 4) is 5.69 Å². The molecule has 0 saturated heterocycles. The van der Waals surface area contributed by atoms with Gasteiger partial charge in [0.2, 0.25) is 0 Å². The molecule has 1 aromatic heterocycles. The highest BCUT2D eigenvalue weighted by molar-refractivity contribution is 5.49. The fraction of sp³-hybridized carbons (Fsp3) is 0.182. The first-order valence-electron chi connectivity index (χ1n) is 4.78. The molecule has 84 valence electrons. The molecule has 0 atom stereocenters. The fourth-order valence-electron chi connectivity index (χ4n) is 1.46. The summed E-state index contributed by atoms with van der Waals surface area (Å²) in [5.74, 6) is -0.947. The normalized spacial score (nSPS) is 10.8. The summed E-state index contributed by atoms with van der Waals surface area (Å²) in [6.45, 7) is 3.58. The number of benzene rings is 1. The standard InChI is InChI=1S/C11H11F2N3/c1-6-7(2)15-16(11(6)14)10-4-3-8(12)5-9(10)13/h3-5H,14H2,1-2H3. The Bertz CT molecular complexity index is 546. The van der Waals surface area contributed by atoms with Crippen LogP contribution in [0.25, 0.3) is 5.69 Å². The van der Waals surface area contributed by atoms with Crippen LogP contribution in [0, 0.1) is 25.5 Å². The molecule has 0 saturated carbocycles. The molecule has 0 bridgehead atoms. The van der Waals surface area contributed by atoms with Crippen molar-refractivity contribution in [2.24, 2.45) is 0 Å². The van der Waals surface area contributed by atoms with E-state index >= 15 is 0 Å². The molecule has 0 fully saturated rings. The van der Waals surface area contributed by atoms with E-state index in [0.29, 0.717) is 5.82 Å². The molecule has 0 unspecified atom stereocenters. The Morgan fingerprint density at radius 1 is 1.25 bits per heavy atom. The van der Waals surface area contributed by atoms with E-state index in [4.69, 9.17) is 5.73 Å². The highest BCUT2D eigenvalue weighted by Gasteiger charge is 2.13. The van der Waals surface area contributed by atoms with Crippen molar-refractivity contribution in [3.63, 3.8) is 0 Å². The molecular formula is C11H11F2N3. The van der Waals surface area contributed by atoms with Crippen LogP contribution < -0.4 is 5.73 Å². The number of halogens is 2. The maximum atomic E-state index is 13.5. The van der Waals surface area contributed by atoms with Crippen LogP contribution in [0.4, 0.5) is 14.6 Å². The smallest absolute Gasteiger partial charge is 0.151 e. The molecule has 5 heteroatoms. The number of aromatic nitrogens is 2. The van der Waals surface area contributed by atoms with E-state index in [1.165, 1.54) is 16.8 Å². The van der Waals surface area contributed by atoms with Crippen LogP contribution in [0.15, 0.2) is 18.2 Å². The van der Waals surface area contributed by atoms with Crippen molar-refractivity contribution >= 4 is 5.82 Å². The summed E-state index contributed by atoms with van der Waals surface area (Å²) < 4.78 is 27.5. The second-order valence-electron chi connectivity index (χ2n) is 3.60. The summed E-state index contributed by atoms with van der Waals surface area (Å²) in [4.78, 5) is 0. The Balaban J connectivity index is 2.63. The van der Waals surface area contributed by atoms with Crippen molar-refractivity contribution < 1.29 is 8.78 Å². The quantitative estimate of drug-likeness (QED) is 0.806. The van der Waals surface area contributed by atoms with E-state index in [2.05, 4.69) is 5.10 Å². The lowest BCUT2D eigenvalue weighted by Crippen LogP contribution is -2.04. The van der Waals surface area contributed by atoms with E-state index in [9.17, 15) is 8.78 Å². The van der Waals surface area contributed by atoms with Gasteiger partial charge in [-0.3, -0.25) is 0 Å². The molecule has 0 aliphatic carbocycles. The van der Waals surface area contributed by atoms with Gasteiger partial charge < -0.3 is 5.73 Å². The lowest BCUT2D eigenvalue weighted by Gasteiger charge is -2.05. The molecule has 1 aromatic carbocycles. The number of nitrogens with zero attached hydrogens (tertiary/aromatic N) is 2. The molecular weight excluding hydrogens is 212 g/mol. The summed E-state index contributed by atoms with van der Waals surface area (Å²) in [7, 11) is 0. The average molecular weight is 223 g/mol. The van der Waals surface area contributed by atoms with E-state index in [1.54, 1.807) is 13.8 Å². The summed E-state index contributed by atoms with van der Waals surface area (Å²) in [5.41, 5.74) is 7.45. The SMILES string of the molecule is Cc1nn(-c2ccc(F)cc2F)c(N)c1C. The minimum atomic E-state index is -0.686. The third-order valence-electron chi connectivity index (χ3n) is 2.54. The van der Waals surface area contributed by atoms with Crippen LogP contribution >= 0.6 is 0 Å². The molecule has 2 aromatic rings. The summed E-state index contributed by atoms with van der Waals surface area (Å²) >= 11 is 0. The van der Waals surface area contributed by atoms with Gasteiger partial charge in [-0.15, -0.1) is 0 Å². The molecule has 0 radical (unpaired) electrons. The van der Waals surface area contributed by atoms with Gasteiger partial charge in [0.15, 0.2) is 5.82 Å². The maximum absolute atomic E-state index is 13.5. The second kappa shape index (κ2) is 3.59. The summed E-state index contributed by atoms with van der Waals surface area (Å²) in [6.07, 6.45) is 0. The molecule has 0 amide bonds. The van der Waals surface area contributed by atoms with Crippen molar-refractivity contribution in [3.05, 3.63) is 41.1 Å². The first kappa shape index (κ1) is 10.6. The predicted octanol–water partition coefficient (Wildman–Crippen LogP) is 2.35. The van der Waals surface area contributed by atoms with Crippen molar-refractivity contribution in [1.29, 1.82) is 0 Å². The van der Waals surface area contributed by atoms with Gasteiger partial charge in [0, 0.05) is 11.6 Å². The minimum Gasteiger partial charge on any atom is -0.383 e. The summed E-state index contributed by atoms with van der Waals surface area (Å²) in [5, 5.41) is 4.10. The first-order chi connectivity index (χ1) is 7.50. The van der Waals surface area contributed by atoms with Crippen LogP contribution in [0.3, 0.4) is 0 Å². The Kier molecular flexibility index (Phi) is 2.38. The van der Waals surface area contributed by atoms with Gasteiger partial charge in [0.05, 0.1) is 5.69 Å². The van der Waals surface area contributed by atoms with Gasteiger partial charge >= 0.3 is 0 Å². The number of nitrogen functional groups attached to an aromatic ring is 1. The van der Waals surface area contributed by atoms with Gasteiger partial charge in [0.25, 0.3) is 0 Å². The lowest BCUT2D eigenvalue weighted by molar-refractivity contribution is 0.574. The van der Waals surface area contributed by atoms with Gasteiger partial charge in [-0.05, 0) is 26.0 Å². The van der Waals surface area contributed by atoms with Crippen molar-refractivity contribution in [2.45, 2.75) is 13.8 Å². The number of rotatable bonds is 1. The van der Waals surface area contributed by atoms with Gasteiger partial charge in [0.1, 0.15) is 17.3 Å². The Hall–Kier alpha value is -1.91. The van der Waals surface area contributed by atoms with E-state index in [1.807, 2.05) is 0 Å². The van der Waals surface area contributed by atoms with E-state index in [-0.39, 0.29) is 5.69 Å². The van der Waals surface area contributed by atoms with Crippen LogP contribution in [0.1, 0.15) is 11.3 Å². The van der Waals surface area contributed by atoms with Crippen LogP contribution in [-0.2, 0) is 0 Å². The Morgan fingerprint density at radius 2 is 1.94 bits per heavy atom. The fourth-order valence-corrected chi connectivity index (χ4v) is 1.46. The van der Waals surface area contributed by atoms with Gasteiger partial charge in [-0.25, -0.2) is 13.5 Å². The molecule has 0 aliphatic rings. The van der Waals surface area contributed by atoms with Crippen LogP contribution in [0.2, 0.25) is 0 Å². The zero-order chi connectivity index (χ0) is 11.9. The molecule has 0 aliphatic heterocycles. The highest BCUT2D eigenvalue weighted by Crippen LogP contribution is 2.21. The highest BCUT2D eigenvalue weighted by atomic mass is 19.1. The number of nitrogens with two attached hydrogens (primary N) is 1. The molecule has 16 heavy (non-hydrogen) atoms. The maximum Gasteiger partial charge on any atom is 0.151 e. The largest absolute Gasteiger partial charge is 0.383 e. The van der Waals surface area contributed by atoms with E-state index < -0.39 is 11.6 Å². The van der Waals surface area contributed by atoms with Crippen molar-refractivity contribution in [1.82, 2.24) is 9.78 Å². The first-order valence-corrected chi connectivity index (χ1v) is 4.78. The Labute approximate surface area is 91.5 Å². The van der Waals surface area contributed by atoms with Gasteiger partial charge in [-0.1, -0.05) is 0 Å². The molecule has 3 nitrogen and oxygen atoms in total. The number of anilines is 1. The van der Waals surface area contributed by atoms with Crippen molar-refractivity contribution in [2.75, 3.05) is 5.73 Å². The van der Waals surface area contributed by atoms with Crippen LogP contribution in [0.5, 0.6) is 0 Å². The predicted molar refractivity (Wildman–Crippen MR) is 57.4 cm³/mol. The zero-order valence-electron chi connectivity index (χ0n) is 8.96. The number of aryl methyl sites for hydroxylation is 1. The molecule has 2 rings (SSSR count). The monoisotopic (exact) mass is 223 g/mol.